The van der Waals surface area contributed by atoms with E-state index < -0.39 is 0 Å². The monoisotopic (exact) mass is 362 g/mol. The number of nitrogens with zero attached hydrogens (tertiary/aromatic N) is 1. The van der Waals surface area contributed by atoms with E-state index in [1.165, 1.54) is 4.90 Å². The van der Waals surface area contributed by atoms with Gasteiger partial charge in [-0.2, -0.15) is 0 Å². The predicted octanol–water partition coefficient (Wildman–Crippen LogP) is 1.87. The number of likely N-dealkylation sites (tertiary alicyclic amines) is 1. The Morgan fingerprint density at radius 2 is 1.96 bits per heavy atom. The normalized spacial score (nSPS) is 22.5. The summed E-state index contributed by atoms with van der Waals surface area (Å²) in [5.74, 6) is 0.162. The molecule has 142 valence electrons. The standard InChI is InChI=1S/C19H26N2O5/c22-17(20-9-4-11-25-13-14-5-3-12-26-14)8-10-21-18(23)15-6-1-2-7-16(15)19(21)24/h3,5,12,15-16H,1-2,4,6-11,13H2,(H,20,22). The number of carbonyl (C=O) groups is 3. The van der Waals surface area contributed by atoms with E-state index in [0.29, 0.717) is 26.2 Å². The lowest BCUT2D eigenvalue weighted by Crippen LogP contribution is -2.35. The minimum atomic E-state index is -0.148. The lowest BCUT2D eigenvalue weighted by Gasteiger charge is -2.19. The van der Waals surface area contributed by atoms with E-state index in [9.17, 15) is 14.4 Å². The fraction of sp³-hybridized carbons (Fsp3) is 0.632. The second-order valence-electron chi connectivity index (χ2n) is 6.91. The quantitative estimate of drug-likeness (QED) is 0.535. The van der Waals surface area contributed by atoms with Gasteiger partial charge in [0.2, 0.25) is 17.7 Å². The highest BCUT2D eigenvalue weighted by Crippen LogP contribution is 2.37. The number of carbonyl (C=O) groups excluding carboxylic acids is 3. The van der Waals surface area contributed by atoms with Gasteiger partial charge in [-0.25, -0.2) is 0 Å². The molecule has 7 nitrogen and oxygen atoms in total. The maximum absolute atomic E-state index is 12.3. The van der Waals surface area contributed by atoms with Crippen molar-refractivity contribution in [2.75, 3.05) is 19.7 Å². The first-order chi connectivity index (χ1) is 12.7. The molecule has 1 aliphatic carbocycles. The molecule has 2 heterocycles. The summed E-state index contributed by atoms with van der Waals surface area (Å²) < 4.78 is 10.6. The molecule has 2 unspecified atom stereocenters. The number of amides is 3. The molecule has 1 aliphatic heterocycles. The number of nitrogens with one attached hydrogen (secondary N) is 1. The van der Waals surface area contributed by atoms with Crippen LogP contribution in [-0.4, -0.2) is 42.3 Å². The molecule has 1 saturated heterocycles. The highest BCUT2D eigenvalue weighted by Gasteiger charge is 2.47. The molecule has 1 aromatic rings. The third kappa shape index (κ3) is 4.52. The van der Waals surface area contributed by atoms with Crippen molar-refractivity contribution in [1.29, 1.82) is 0 Å². The second-order valence-corrected chi connectivity index (χ2v) is 6.91. The van der Waals surface area contributed by atoms with Crippen LogP contribution in [0, 0.1) is 11.8 Å². The van der Waals surface area contributed by atoms with Gasteiger partial charge in [0, 0.05) is 26.1 Å². The number of rotatable bonds is 9. The van der Waals surface area contributed by atoms with Crippen LogP contribution in [0.15, 0.2) is 22.8 Å². The van der Waals surface area contributed by atoms with Gasteiger partial charge in [-0.3, -0.25) is 19.3 Å². The SMILES string of the molecule is O=C(CCN1C(=O)C2CCCCC2C1=O)NCCCOCc1ccco1. The molecule has 2 aliphatic rings. The summed E-state index contributed by atoms with van der Waals surface area (Å²) in [6, 6.07) is 3.66. The van der Waals surface area contributed by atoms with E-state index in [-0.39, 0.29) is 42.5 Å². The van der Waals surface area contributed by atoms with Crippen molar-refractivity contribution in [2.45, 2.75) is 45.1 Å². The van der Waals surface area contributed by atoms with Gasteiger partial charge in [-0.1, -0.05) is 12.8 Å². The molecule has 1 aromatic heterocycles. The molecule has 2 atom stereocenters. The Kier molecular flexibility index (Phi) is 6.44. The molecule has 0 radical (unpaired) electrons. The molecule has 3 amide bonds. The summed E-state index contributed by atoms with van der Waals surface area (Å²) in [4.78, 5) is 37.9. The summed E-state index contributed by atoms with van der Waals surface area (Å²) in [5.41, 5.74) is 0. The maximum Gasteiger partial charge on any atom is 0.233 e. The number of hydrogen-bond donors (Lipinski definition) is 1. The van der Waals surface area contributed by atoms with Gasteiger partial charge in [0.25, 0.3) is 0 Å². The Bertz CT molecular complexity index is 604. The van der Waals surface area contributed by atoms with Gasteiger partial charge in [0.1, 0.15) is 12.4 Å². The van der Waals surface area contributed by atoms with Crippen LogP contribution in [0.1, 0.15) is 44.3 Å². The van der Waals surface area contributed by atoms with Crippen LogP contribution >= 0.6 is 0 Å². The van der Waals surface area contributed by atoms with E-state index in [0.717, 1.165) is 31.4 Å². The van der Waals surface area contributed by atoms with E-state index in [1.807, 2.05) is 12.1 Å². The van der Waals surface area contributed by atoms with Crippen LogP contribution in [0.5, 0.6) is 0 Å². The Morgan fingerprint density at radius 1 is 1.23 bits per heavy atom. The van der Waals surface area contributed by atoms with Crippen LogP contribution in [0.2, 0.25) is 0 Å². The molecular formula is C19H26N2O5. The molecule has 3 rings (SSSR count). The molecule has 7 heteroatoms. The lowest BCUT2D eigenvalue weighted by atomic mass is 9.81. The van der Waals surface area contributed by atoms with Gasteiger partial charge in [0.15, 0.2) is 0 Å². The van der Waals surface area contributed by atoms with Crippen LogP contribution in [0.25, 0.3) is 0 Å². The molecule has 2 fully saturated rings. The van der Waals surface area contributed by atoms with E-state index >= 15 is 0 Å². The zero-order valence-electron chi connectivity index (χ0n) is 14.9. The topological polar surface area (TPSA) is 88.9 Å². The molecule has 0 aromatic carbocycles. The highest BCUT2D eigenvalue weighted by atomic mass is 16.5. The van der Waals surface area contributed by atoms with Crippen molar-refractivity contribution >= 4 is 17.7 Å². The maximum atomic E-state index is 12.3. The van der Waals surface area contributed by atoms with Crippen molar-refractivity contribution in [3.05, 3.63) is 24.2 Å². The van der Waals surface area contributed by atoms with Crippen LogP contribution < -0.4 is 5.32 Å². The van der Waals surface area contributed by atoms with E-state index in [1.54, 1.807) is 6.26 Å². The zero-order valence-corrected chi connectivity index (χ0v) is 14.9. The second kappa shape index (κ2) is 8.98. The Labute approximate surface area is 153 Å². The summed E-state index contributed by atoms with van der Waals surface area (Å²) in [6.45, 7) is 1.63. The van der Waals surface area contributed by atoms with Crippen molar-refractivity contribution in [3.8, 4) is 0 Å². The van der Waals surface area contributed by atoms with Crippen molar-refractivity contribution in [3.63, 3.8) is 0 Å². The number of hydrogen-bond acceptors (Lipinski definition) is 5. The smallest absolute Gasteiger partial charge is 0.233 e. The van der Waals surface area contributed by atoms with Crippen molar-refractivity contribution in [1.82, 2.24) is 10.2 Å². The molecule has 26 heavy (non-hydrogen) atoms. The zero-order chi connectivity index (χ0) is 18.4. The minimum Gasteiger partial charge on any atom is -0.467 e. The van der Waals surface area contributed by atoms with Crippen molar-refractivity contribution < 1.29 is 23.5 Å². The minimum absolute atomic E-state index is 0.0844. The van der Waals surface area contributed by atoms with Gasteiger partial charge in [0.05, 0.1) is 18.1 Å². The molecule has 0 bridgehead atoms. The lowest BCUT2D eigenvalue weighted by molar-refractivity contribution is -0.140. The molecule has 0 spiro atoms. The summed E-state index contributed by atoms with van der Waals surface area (Å²) in [6.07, 6.45) is 6.07. The number of imide groups is 1. The first kappa shape index (κ1) is 18.6. The Hall–Kier alpha value is -2.15. The highest BCUT2D eigenvalue weighted by molar-refractivity contribution is 6.05. The van der Waals surface area contributed by atoms with Gasteiger partial charge >= 0.3 is 0 Å². The fourth-order valence-electron chi connectivity index (χ4n) is 3.72. The van der Waals surface area contributed by atoms with E-state index in [4.69, 9.17) is 9.15 Å². The Morgan fingerprint density at radius 3 is 2.62 bits per heavy atom. The van der Waals surface area contributed by atoms with Gasteiger partial charge < -0.3 is 14.5 Å². The Balaban J connectivity index is 1.29. The average Bonchev–Trinajstić information content (AvgIpc) is 3.25. The third-order valence-corrected chi connectivity index (χ3v) is 5.11. The first-order valence-corrected chi connectivity index (χ1v) is 9.39. The number of ether oxygens (including phenoxy) is 1. The van der Waals surface area contributed by atoms with Gasteiger partial charge in [-0.05, 0) is 31.4 Å². The van der Waals surface area contributed by atoms with Gasteiger partial charge in [-0.15, -0.1) is 0 Å². The largest absolute Gasteiger partial charge is 0.467 e. The van der Waals surface area contributed by atoms with E-state index in [2.05, 4.69) is 5.32 Å². The molecule has 1 saturated carbocycles. The predicted molar refractivity (Wildman–Crippen MR) is 92.8 cm³/mol. The average molecular weight is 362 g/mol. The summed E-state index contributed by atoms with van der Waals surface area (Å²) >= 11 is 0. The van der Waals surface area contributed by atoms with Crippen LogP contribution in [0.3, 0.4) is 0 Å². The van der Waals surface area contributed by atoms with Crippen molar-refractivity contribution in [2.24, 2.45) is 11.8 Å². The molecular weight excluding hydrogens is 336 g/mol. The third-order valence-electron chi connectivity index (χ3n) is 5.11. The summed E-state index contributed by atoms with van der Waals surface area (Å²) in [5, 5.41) is 2.80. The number of fused-ring (bicyclic) bond motifs is 1. The van der Waals surface area contributed by atoms with Crippen LogP contribution in [-0.2, 0) is 25.7 Å². The van der Waals surface area contributed by atoms with Crippen LogP contribution in [0.4, 0.5) is 0 Å². The fourth-order valence-corrected chi connectivity index (χ4v) is 3.72. The molecule has 1 N–H and O–H groups in total. The summed E-state index contributed by atoms with van der Waals surface area (Å²) in [7, 11) is 0. The first-order valence-electron chi connectivity index (χ1n) is 9.39. The number of furan rings is 1.